The second-order valence-corrected chi connectivity index (χ2v) is 6.67. The molecule has 0 radical (unpaired) electrons. The molecule has 27 heavy (non-hydrogen) atoms. The average Bonchev–Trinajstić information content (AvgIpc) is 2.72. The van der Waals surface area contributed by atoms with Gasteiger partial charge in [-0.05, 0) is 36.8 Å². The van der Waals surface area contributed by atoms with Gasteiger partial charge < -0.3 is 15.2 Å². The van der Waals surface area contributed by atoms with Gasteiger partial charge in [-0.3, -0.25) is 0 Å². The Balaban J connectivity index is 2.35. The molecule has 6 nitrogen and oxygen atoms in total. The van der Waals surface area contributed by atoms with E-state index in [2.05, 4.69) is 18.2 Å². The zero-order valence-electron chi connectivity index (χ0n) is 15.3. The van der Waals surface area contributed by atoms with Gasteiger partial charge >= 0.3 is 0 Å². The summed E-state index contributed by atoms with van der Waals surface area (Å²) in [6.45, 7) is 0. The van der Waals surface area contributed by atoms with E-state index in [1.807, 2.05) is 18.2 Å². The fourth-order valence-electron chi connectivity index (χ4n) is 4.34. The topological polar surface area (TPSA) is 116 Å². The number of nitrogens with zero attached hydrogens (tertiary/aromatic N) is 3. The Morgan fingerprint density at radius 3 is 2.48 bits per heavy atom. The number of para-hydroxylation sites is 1. The first kappa shape index (κ1) is 18.4. The van der Waals surface area contributed by atoms with Crippen LogP contribution in [0.2, 0.25) is 0 Å². The SMILES string of the molecule is COc1cccc(C2C(C#N)=C(N)C(C#N)(C#N)C3=CCCCC32)c1OC. The molecule has 2 unspecified atom stereocenters. The summed E-state index contributed by atoms with van der Waals surface area (Å²) in [6.07, 6.45) is 4.41. The lowest BCUT2D eigenvalue weighted by atomic mass is 9.58. The van der Waals surface area contributed by atoms with Crippen LogP contribution in [0.4, 0.5) is 0 Å². The van der Waals surface area contributed by atoms with Crippen molar-refractivity contribution in [3.05, 3.63) is 46.7 Å². The maximum atomic E-state index is 9.90. The van der Waals surface area contributed by atoms with Crippen molar-refractivity contribution in [1.82, 2.24) is 0 Å². The maximum absolute atomic E-state index is 9.90. The quantitative estimate of drug-likeness (QED) is 0.827. The second-order valence-electron chi connectivity index (χ2n) is 6.67. The van der Waals surface area contributed by atoms with E-state index < -0.39 is 5.41 Å². The number of hydrogen-bond donors (Lipinski definition) is 1. The molecule has 3 rings (SSSR count). The Kier molecular flexibility index (Phi) is 4.80. The first-order valence-electron chi connectivity index (χ1n) is 8.73. The van der Waals surface area contributed by atoms with Gasteiger partial charge in [0.25, 0.3) is 0 Å². The fraction of sp³-hybridized carbons (Fsp3) is 0.381. The molecular weight excluding hydrogens is 340 g/mol. The van der Waals surface area contributed by atoms with Crippen molar-refractivity contribution < 1.29 is 9.47 Å². The predicted octanol–water partition coefficient (Wildman–Crippen LogP) is 3.30. The van der Waals surface area contributed by atoms with Crippen LogP contribution in [0.25, 0.3) is 0 Å². The average molecular weight is 360 g/mol. The Hall–Kier alpha value is -3.43. The zero-order chi connectivity index (χ0) is 19.6. The molecule has 0 fully saturated rings. The zero-order valence-corrected chi connectivity index (χ0v) is 15.3. The number of fused-ring (bicyclic) bond motifs is 1. The Morgan fingerprint density at radius 2 is 1.89 bits per heavy atom. The summed E-state index contributed by atoms with van der Waals surface area (Å²) in [4.78, 5) is 0. The number of nitrogens with two attached hydrogens (primary N) is 1. The van der Waals surface area contributed by atoms with Gasteiger partial charge in [0.05, 0.1) is 43.7 Å². The van der Waals surface area contributed by atoms with Gasteiger partial charge in [-0.2, -0.15) is 15.8 Å². The van der Waals surface area contributed by atoms with Crippen LogP contribution in [0.5, 0.6) is 11.5 Å². The monoisotopic (exact) mass is 360 g/mol. The number of nitriles is 3. The third kappa shape index (κ3) is 2.52. The van der Waals surface area contributed by atoms with Gasteiger partial charge in [-0.1, -0.05) is 18.2 Å². The van der Waals surface area contributed by atoms with E-state index in [1.165, 1.54) is 0 Å². The molecule has 0 bridgehead atoms. The van der Waals surface area contributed by atoms with Crippen LogP contribution in [-0.2, 0) is 0 Å². The highest BCUT2D eigenvalue weighted by Gasteiger charge is 2.52. The summed E-state index contributed by atoms with van der Waals surface area (Å²) < 4.78 is 11.0. The number of hydrogen-bond acceptors (Lipinski definition) is 6. The van der Waals surface area contributed by atoms with Crippen molar-refractivity contribution in [2.24, 2.45) is 17.1 Å². The molecule has 0 spiro atoms. The van der Waals surface area contributed by atoms with E-state index in [0.29, 0.717) is 17.1 Å². The molecule has 1 aromatic carbocycles. The van der Waals surface area contributed by atoms with Gasteiger partial charge in [-0.25, -0.2) is 0 Å². The molecule has 0 saturated heterocycles. The molecule has 1 aromatic rings. The van der Waals surface area contributed by atoms with E-state index in [0.717, 1.165) is 24.8 Å². The highest BCUT2D eigenvalue weighted by Crippen LogP contribution is 2.56. The van der Waals surface area contributed by atoms with Gasteiger partial charge in [-0.15, -0.1) is 0 Å². The summed E-state index contributed by atoms with van der Waals surface area (Å²) in [5.41, 5.74) is 6.46. The van der Waals surface area contributed by atoms with Crippen molar-refractivity contribution in [3.63, 3.8) is 0 Å². The normalized spacial score (nSPS) is 23.1. The molecular formula is C21H20N4O2. The first-order chi connectivity index (χ1) is 13.1. The highest BCUT2D eigenvalue weighted by atomic mass is 16.5. The van der Waals surface area contributed by atoms with Crippen LogP contribution in [0.1, 0.15) is 30.7 Å². The highest BCUT2D eigenvalue weighted by molar-refractivity contribution is 5.61. The molecule has 2 N–H and O–H groups in total. The molecule has 2 aliphatic rings. The van der Waals surface area contributed by atoms with E-state index in [1.54, 1.807) is 20.3 Å². The number of ether oxygens (including phenoxy) is 2. The van der Waals surface area contributed by atoms with Gasteiger partial charge in [0.15, 0.2) is 11.5 Å². The van der Waals surface area contributed by atoms with Crippen LogP contribution in [0, 0.1) is 45.3 Å². The van der Waals surface area contributed by atoms with Crippen molar-refractivity contribution in [2.75, 3.05) is 14.2 Å². The second kappa shape index (κ2) is 7.06. The molecule has 2 aliphatic carbocycles. The Labute approximate surface area is 158 Å². The van der Waals surface area contributed by atoms with E-state index in [4.69, 9.17) is 15.2 Å². The number of rotatable bonds is 3. The molecule has 0 amide bonds. The smallest absolute Gasteiger partial charge is 0.204 e. The summed E-state index contributed by atoms with van der Waals surface area (Å²) in [6, 6.07) is 11.9. The van der Waals surface area contributed by atoms with Crippen molar-refractivity contribution >= 4 is 0 Å². The lowest BCUT2D eigenvalue weighted by Gasteiger charge is -2.42. The number of allylic oxidation sites excluding steroid dienone is 3. The lowest BCUT2D eigenvalue weighted by molar-refractivity contribution is 0.339. The summed E-state index contributed by atoms with van der Waals surface area (Å²) in [5, 5.41) is 29.5. The van der Waals surface area contributed by atoms with E-state index in [9.17, 15) is 15.8 Å². The molecule has 6 heteroatoms. The molecule has 2 atom stereocenters. The molecule has 0 saturated carbocycles. The standard InChI is InChI=1S/C21H20N4O2/c1-26-17-9-5-7-14(19(17)27-2)18-13-6-3-4-8-16(13)21(11-23,12-24)20(25)15(18)10-22/h5,7-9,13,18H,3-4,6,25H2,1-2H3. The lowest BCUT2D eigenvalue weighted by Crippen LogP contribution is -2.40. The minimum atomic E-state index is -1.58. The van der Waals surface area contributed by atoms with E-state index in [-0.39, 0.29) is 23.1 Å². The fourth-order valence-corrected chi connectivity index (χ4v) is 4.34. The van der Waals surface area contributed by atoms with Gasteiger partial charge in [0.1, 0.15) is 0 Å². The van der Waals surface area contributed by atoms with Gasteiger partial charge in [0, 0.05) is 11.5 Å². The van der Waals surface area contributed by atoms with E-state index >= 15 is 0 Å². The van der Waals surface area contributed by atoms with Crippen LogP contribution in [0.15, 0.2) is 41.1 Å². The Bertz CT molecular complexity index is 942. The predicted molar refractivity (Wildman–Crippen MR) is 98.2 cm³/mol. The van der Waals surface area contributed by atoms with Crippen LogP contribution in [0.3, 0.4) is 0 Å². The summed E-state index contributed by atoms with van der Waals surface area (Å²) in [7, 11) is 3.11. The minimum absolute atomic E-state index is 0.0225. The summed E-state index contributed by atoms with van der Waals surface area (Å²) in [5.74, 6) is 0.545. The van der Waals surface area contributed by atoms with Crippen molar-refractivity contribution in [2.45, 2.75) is 25.2 Å². The van der Waals surface area contributed by atoms with Crippen LogP contribution < -0.4 is 15.2 Å². The maximum Gasteiger partial charge on any atom is 0.204 e. The number of benzene rings is 1. The first-order valence-corrected chi connectivity index (χ1v) is 8.73. The van der Waals surface area contributed by atoms with Crippen LogP contribution >= 0.6 is 0 Å². The third-order valence-corrected chi connectivity index (χ3v) is 5.55. The molecule has 0 aromatic heterocycles. The van der Waals surface area contributed by atoms with Crippen molar-refractivity contribution in [3.8, 4) is 29.7 Å². The molecule has 136 valence electrons. The summed E-state index contributed by atoms with van der Waals surface area (Å²) >= 11 is 0. The van der Waals surface area contributed by atoms with Crippen molar-refractivity contribution in [1.29, 1.82) is 15.8 Å². The minimum Gasteiger partial charge on any atom is -0.493 e. The molecule has 0 heterocycles. The number of methoxy groups -OCH3 is 2. The van der Waals surface area contributed by atoms with Crippen LogP contribution in [-0.4, -0.2) is 14.2 Å². The molecule has 0 aliphatic heterocycles. The Morgan fingerprint density at radius 1 is 1.15 bits per heavy atom. The largest absolute Gasteiger partial charge is 0.493 e. The van der Waals surface area contributed by atoms with Gasteiger partial charge in [0.2, 0.25) is 5.41 Å². The third-order valence-electron chi connectivity index (χ3n) is 5.55.